The number of hydrogen-bond acceptors (Lipinski definition) is 5. The lowest BCUT2D eigenvalue weighted by atomic mass is 9.95. The molecular weight excluding hydrogens is 432 g/mol. The van der Waals surface area contributed by atoms with E-state index in [0.717, 1.165) is 49.9 Å². The molecule has 2 aliphatic rings. The molecule has 0 saturated carbocycles. The summed E-state index contributed by atoms with van der Waals surface area (Å²) < 4.78 is 0. The van der Waals surface area contributed by atoms with Crippen molar-refractivity contribution >= 4 is 33.8 Å². The van der Waals surface area contributed by atoms with E-state index in [1.807, 2.05) is 6.07 Å². The van der Waals surface area contributed by atoms with Crippen molar-refractivity contribution < 1.29 is 9.59 Å². The number of benzene rings is 1. The monoisotopic (exact) mass is 460 g/mol. The summed E-state index contributed by atoms with van der Waals surface area (Å²) in [6, 6.07) is 11.8. The first-order chi connectivity index (χ1) is 16.2. The third-order valence-corrected chi connectivity index (χ3v) is 7.63. The number of thiophene rings is 1. The molecule has 33 heavy (non-hydrogen) atoms. The molecule has 1 aliphatic heterocycles. The number of amides is 2. The predicted molar refractivity (Wildman–Crippen MR) is 132 cm³/mol. The van der Waals surface area contributed by atoms with Crippen molar-refractivity contribution in [3.8, 4) is 0 Å². The Kier molecular flexibility index (Phi) is 6.39. The summed E-state index contributed by atoms with van der Waals surface area (Å²) >= 11 is 1.54. The van der Waals surface area contributed by atoms with Crippen LogP contribution in [0.3, 0.4) is 0 Å². The van der Waals surface area contributed by atoms with Crippen molar-refractivity contribution in [2.75, 3.05) is 23.3 Å². The van der Waals surface area contributed by atoms with Crippen LogP contribution in [0.5, 0.6) is 0 Å². The molecule has 2 aromatic heterocycles. The SMILES string of the molecule is O=C(Nc1sc2c(c1C(=O)NCc1ccccc1N1CCCC1)CCCC2)c1cccnc1. The second kappa shape index (κ2) is 9.75. The van der Waals surface area contributed by atoms with E-state index in [9.17, 15) is 9.59 Å². The highest BCUT2D eigenvalue weighted by Gasteiger charge is 2.27. The fourth-order valence-corrected chi connectivity index (χ4v) is 6.04. The van der Waals surface area contributed by atoms with Gasteiger partial charge in [0, 0.05) is 42.6 Å². The Morgan fingerprint density at radius 3 is 2.61 bits per heavy atom. The van der Waals surface area contributed by atoms with E-state index < -0.39 is 0 Å². The van der Waals surface area contributed by atoms with Crippen molar-refractivity contribution in [1.29, 1.82) is 0 Å². The Labute approximate surface area is 198 Å². The molecule has 5 rings (SSSR count). The van der Waals surface area contributed by atoms with Gasteiger partial charge in [-0.15, -0.1) is 11.3 Å². The average Bonchev–Trinajstić information content (AvgIpc) is 3.51. The number of fused-ring (bicyclic) bond motifs is 1. The van der Waals surface area contributed by atoms with Crippen LogP contribution in [0, 0.1) is 0 Å². The van der Waals surface area contributed by atoms with E-state index in [-0.39, 0.29) is 11.8 Å². The van der Waals surface area contributed by atoms with E-state index in [1.54, 1.807) is 18.3 Å². The molecule has 2 N–H and O–H groups in total. The first-order valence-electron chi connectivity index (χ1n) is 11.7. The predicted octanol–water partition coefficient (Wildman–Crippen LogP) is 4.80. The van der Waals surface area contributed by atoms with Crippen LogP contribution in [0.25, 0.3) is 0 Å². The van der Waals surface area contributed by atoms with E-state index in [2.05, 4.69) is 38.7 Å². The molecule has 0 unspecified atom stereocenters. The number of pyridine rings is 1. The van der Waals surface area contributed by atoms with Gasteiger partial charge in [-0.3, -0.25) is 14.6 Å². The number of rotatable bonds is 6. The minimum atomic E-state index is -0.241. The van der Waals surface area contributed by atoms with Crippen LogP contribution in [0.2, 0.25) is 0 Å². The van der Waals surface area contributed by atoms with Gasteiger partial charge in [0.15, 0.2) is 0 Å². The van der Waals surface area contributed by atoms with Crippen LogP contribution >= 0.6 is 11.3 Å². The lowest BCUT2D eigenvalue weighted by Gasteiger charge is -2.21. The molecule has 0 bridgehead atoms. The molecule has 7 heteroatoms. The molecule has 0 spiro atoms. The summed E-state index contributed by atoms with van der Waals surface area (Å²) in [5.74, 6) is -0.359. The normalized spacial score (nSPS) is 15.2. The first kappa shape index (κ1) is 21.6. The minimum absolute atomic E-state index is 0.118. The Hall–Kier alpha value is -3.19. The van der Waals surface area contributed by atoms with E-state index in [1.165, 1.54) is 40.9 Å². The van der Waals surface area contributed by atoms with Gasteiger partial charge < -0.3 is 15.5 Å². The highest BCUT2D eigenvalue weighted by molar-refractivity contribution is 7.17. The van der Waals surface area contributed by atoms with Gasteiger partial charge in [0.25, 0.3) is 11.8 Å². The van der Waals surface area contributed by atoms with Gasteiger partial charge in [-0.05, 0) is 67.9 Å². The molecule has 6 nitrogen and oxygen atoms in total. The zero-order valence-corrected chi connectivity index (χ0v) is 19.4. The van der Waals surface area contributed by atoms with Crippen LogP contribution in [0.1, 0.15) is 62.4 Å². The Morgan fingerprint density at radius 2 is 1.79 bits per heavy atom. The van der Waals surface area contributed by atoms with Gasteiger partial charge in [0.1, 0.15) is 5.00 Å². The zero-order chi connectivity index (χ0) is 22.6. The molecule has 1 fully saturated rings. The molecule has 0 atom stereocenters. The van der Waals surface area contributed by atoms with Crippen molar-refractivity contribution in [3.63, 3.8) is 0 Å². The van der Waals surface area contributed by atoms with E-state index >= 15 is 0 Å². The summed E-state index contributed by atoms with van der Waals surface area (Å²) in [6.07, 6.45) is 9.62. The van der Waals surface area contributed by atoms with Crippen LogP contribution in [-0.2, 0) is 19.4 Å². The molecule has 2 amide bonds. The number of hydrogen-bond donors (Lipinski definition) is 2. The number of anilines is 2. The van der Waals surface area contributed by atoms with Gasteiger partial charge in [0.05, 0.1) is 11.1 Å². The van der Waals surface area contributed by atoms with Gasteiger partial charge in [0.2, 0.25) is 0 Å². The molecule has 1 saturated heterocycles. The molecule has 3 aromatic rings. The number of nitrogens with one attached hydrogen (secondary N) is 2. The van der Waals surface area contributed by atoms with Crippen molar-refractivity contribution in [3.05, 3.63) is 75.9 Å². The summed E-state index contributed by atoms with van der Waals surface area (Å²) in [5, 5.41) is 6.78. The molecule has 0 radical (unpaired) electrons. The van der Waals surface area contributed by atoms with Gasteiger partial charge in [-0.25, -0.2) is 0 Å². The number of aryl methyl sites for hydroxylation is 1. The molecule has 1 aliphatic carbocycles. The maximum atomic E-state index is 13.4. The van der Waals surface area contributed by atoms with E-state index in [0.29, 0.717) is 22.7 Å². The van der Waals surface area contributed by atoms with Gasteiger partial charge >= 0.3 is 0 Å². The topological polar surface area (TPSA) is 74.3 Å². The molecule has 1 aromatic carbocycles. The molecule has 170 valence electrons. The number of carbonyl (C=O) groups excluding carboxylic acids is 2. The summed E-state index contributed by atoms with van der Waals surface area (Å²) in [5.41, 5.74) is 4.53. The van der Waals surface area contributed by atoms with Crippen LogP contribution in [0.4, 0.5) is 10.7 Å². The lowest BCUT2D eigenvalue weighted by molar-refractivity contribution is 0.0951. The van der Waals surface area contributed by atoms with Crippen molar-refractivity contribution in [1.82, 2.24) is 10.3 Å². The number of aromatic nitrogens is 1. The average molecular weight is 461 g/mol. The number of nitrogens with zero attached hydrogens (tertiary/aromatic N) is 2. The zero-order valence-electron chi connectivity index (χ0n) is 18.6. The maximum absolute atomic E-state index is 13.4. The summed E-state index contributed by atoms with van der Waals surface area (Å²) in [7, 11) is 0. The second-order valence-electron chi connectivity index (χ2n) is 8.62. The van der Waals surface area contributed by atoms with Crippen LogP contribution in [-0.4, -0.2) is 29.9 Å². The highest BCUT2D eigenvalue weighted by atomic mass is 32.1. The lowest BCUT2D eigenvalue weighted by Crippen LogP contribution is -2.27. The number of carbonyl (C=O) groups is 2. The fraction of sp³-hybridized carbons (Fsp3) is 0.346. The fourth-order valence-electron chi connectivity index (χ4n) is 4.76. The minimum Gasteiger partial charge on any atom is -0.371 e. The van der Waals surface area contributed by atoms with Crippen molar-refractivity contribution in [2.24, 2.45) is 0 Å². The maximum Gasteiger partial charge on any atom is 0.257 e. The second-order valence-corrected chi connectivity index (χ2v) is 9.72. The Balaban J connectivity index is 1.38. The Morgan fingerprint density at radius 1 is 0.970 bits per heavy atom. The summed E-state index contributed by atoms with van der Waals surface area (Å²) in [4.78, 5) is 33.9. The van der Waals surface area contributed by atoms with Gasteiger partial charge in [-0.1, -0.05) is 18.2 Å². The standard InChI is InChI=1S/C26H28N4O2S/c31-24(19-9-7-13-27-16-19)29-26-23(20-10-2-4-12-22(20)33-26)25(32)28-17-18-8-1-3-11-21(18)30-14-5-6-15-30/h1,3,7-9,11,13,16H,2,4-6,10,12,14-15,17H2,(H,28,32)(H,29,31). The Bertz CT molecular complexity index is 1150. The van der Waals surface area contributed by atoms with Gasteiger partial charge in [-0.2, -0.15) is 0 Å². The van der Waals surface area contributed by atoms with Crippen LogP contribution in [0.15, 0.2) is 48.8 Å². The first-order valence-corrected chi connectivity index (χ1v) is 12.5. The molecule has 3 heterocycles. The van der Waals surface area contributed by atoms with E-state index in [4.69, 9.17) is 0 Å². The van der Waals surface area contributed by atoms with Crippen molar-refractivity contribution in [2.45, 2.75) is 45.1 Å². The molecular formula is C26H28N4O2S. The third kappa shape index (κ3) is 4.64. The largest absolute Gasteiger partial charge is 0.371 e. The third-order valence-electron chi connectivity index (χ3n) is 6.43. The highest BCUT2D eigenvalue weighted by Crippen LogP contribution is 2.38. The van der Waals surface area contributed by atoms with Crippen LogP contribution < -0.4 is 15.5 Å². The smallest absolute Gasteiger partial charge is 0.257 e. The quantitative estimate of drug-likeness (QED) is 0.554. The number of para-hydroxylation sites is 1. The summed E-state index contributed by atoms with van der Waals surface area (Å²) in [6.45, 7) is 2.59.